The Labute approximate surface area is 134 Å². The molecule has 0 saturated heterocycles. The molecule has 1 atom stereocenters. The zero-order valence-electron chi connectivity index (χ0n) is 13.4. The highest BCUT2D eigenvalue weighted by Crippen LogP contribution is 2.32. The predicted octanol–water partition coefficient (Wildman–Crippen LogP) is 4.46. The van der Waals surface area contributed by atoms with E-state index in [1.54, 1.807) is 6.07 Å². The smallest absolute Gasteiger partial charge is 0.355 e. The number of amides is 1. The summed E-state index contributed by atoms with van der Waals surface area (Å²) in [7, 11) is 0. The number of carbonyl (C=O) groups is 1. The minimum absolute atomic E-state index is 0.0541. The van der Waals surface area contributed by atoms with Crippen molar-refractivity contribution >= 4 is 5.91 Å². The van der Waals surface area contributed by atoms with Gasteiger partial charge in [0.2, 0.25) is 5.91 Å². The largest absolute Gasteiger partial charge is 0.416 e. The minimum atomic E-state index is -4.36. The summed E-state index contributed by atoms with van der Waals surface area (Å²) in [5.74, 6) is 0.230. The normalized spacial score (nSPS) is 18.2. The van der Waals surface area contributed by atoms with Crippen molar-refractivity contribution in [2.24, 2.45) is 5.92 Å². The summed E-state index contributed by atoms with van der Waals surface area (Å²) in [6.45, 7) is 3.97. The number of rotatable bonds is 5. The van der Waals surface area contributed by atoms with Crippen molar-refractivity contribution in [1.82, 2.24) is 5.32 Å². The molecule has 1 N–H and O–H groups in total. The van der Waals surface area contributed by atoms with Crippen LogP contribution in [-0.2, 0) is 16.4 Å². The molecule has 1 aromatic rings. The lowest BCUT2D eigenvalue weighted by Crippen LogP contribution is -2.37. The molecule has 0 heterocycles. The summed E-state index contributed by atoms with van der Waals surface area (Å²) in [4.78, 5) is 12.0. The number of carbonyl (C=O) groups excluding carboxylic acids is 1. The lowest BCUT2D eigenvalue weighted by molar-refractivity contribution is -0.137. The maximum Gasteiger partial charge on any atom is 0.416 e. The zero-order chi connectivity index (χ0) is 17.1. The van der Waals surface area contributed by atoms with Gasteiger partial charge in [-0.05, 0) is 30.4 Å². The predicted molar refractivity (Wildman–Crippen MR) is 84.0 cm³/mol. The highest BCUT2D eigenvalue weighted by atomic mass is 19.4. The first-order valence-corrected chi connectivity index (χ1v) is 7.79. The number of hydrogen-bond acceptors (Lipinski definition) is 1. The molecule has 0 aromatic heterocycles. The van der Waals surface area contributed by atoms with Crippen LogP contribution in [0.15, 0.2) is 36.4 Å². The number of nitrogens with one attached hydrogen (secondary N) is 1. The van der Waals surface area contributed by atoms with Crippen LogP contribution in [0.1, 0.15) is 44.2 Å². The molecular formula is C18H22F3NO. The van der Waals surface area contributed by atoms with Gasteiger partial charge in [0.1, 0.15) is 0 Å². The van der Waals surface area contributed by atoms with Crippen molar-refractivity contribution in [2.45, 2.75) is 44.7 Å². The van der Waals surface area contributed by atoms with Crippen LogP contribution >= 0.6 is 0 Å². The average Bonchev–Trinajstić information content (AvgIpc) is 2.97. The van der Waals surface area contributed by atoms with E-state index in [0.717, 1.165) is 25.0 Å². The maximum atomic E-state index is 12.8. The molecular weight excluding hydrogens is 303 g/mol. The van der Waals surface area contributed by atoms with Gasteiger partial charge in [0.25, 0.3) is 0 Å². The Morgan fingerprint density at radius 2 is 1.96 bits per heavy atom. The van der Waals surface area contributed by atoms with Gasteiger partial charge < -0.3 is 5.32 Å². The quantitative estimate of drug-likeness (QED) is 0.796. The fourth-order valence-corrected chi connectivity index (χ4v) is 2.71. The molecule has 0 bridgehead atoms. The standard InChI is InChI=1S/C18H22F3NO/c1-17(2,12-22-16(23)10-13-6-3-4-7-13)14-8-5-9-15(11-14)18(19,20)21/h3,5-6,8-9,11,13H,4,7,10,12H2,1-2H3,(H,22,23). The van der Waals surface area contributed by atoms with Gasteiger partial charge in [0, 0.05) is 18.4 Å². The van der Waals surface area contributed by atoms with E-state index >= 15 is 0 Å². The Balaban J connectivity index is 1.98. The van der Waals surface area contributed by atoms with Crippen molar-refractivity contribution < 1.29 is 18.0 Å². The maximum absolute atomic E-state index is 12.8. The minimum Gasteiger partial charge on any atom is -0.355 e. The third kappa shape index (κ3) is 4.85. The van der Waals surface area contributed by atoms with Gasteiger partial charge in [0.15, 0.2) is 0 Å². The summed E-state index contributed by atoms with van der Waals surface area (Å²) in [5, 5.41) is 2.85. The molecule has 0 radical (unpaired) electrons. The SMILES string of the molecule is CC(C)(CNC(=O)CC1C=CCC1)c1cccc(C(F)(F)F)c1. The number of alkyl halides is 3. The van der Waals surface area contributed by atoms with Gasteiger partial charge in [-0.1, -0.05) is 44.2 Å². The van der Waals surface area contributed by atoms with Crippen molar-refractivity contribution in [1.29, 1.82) is 0 Å². The number of hydrogen-bond donors (Lipinski definition) is 1. The molecule has 1 amide bonds. The Hall–Kier alpha value is -1.78. The average molecular weight is 325 g/mol. The van der Waals surface area contributed by atoms with E-state index in [9.17, 15) is 18.0 Å². The molecule has 1 unspecified atom stereocenters. The summed E-state index contributed by atoms with van der Waals surface area (Å²) in [5.41, 5.74) is -0.665. The fourth-order valence-electron chi connectivity index (χ4n) is 2.71. The van der Waals surface area contributed by atoms with Crippen LogP contribution in [0.2, 0.25) is 0 Å². The molecule has 23 heavy (non-hydrogen) atoms. The lowest BCUT2D eigenvalue weighted by Gasteiger charge is -2.26. The molecule has 0 fully saturated rings. The number of allylic oxidation sites excluding steroid dienone is 2. The van der Waals surface area contributed by atoms with Crippen LogP contribution in [0.5, 0.6) is 0 Å². The summed E-state index contributed by atoms with van der Waals surface area (Å²) in [6.07, 6.45) is 2.21. The van der Waals surface area contributed by atoms with Gasteiger partial charge in [-0.25, -0.2) is 0 Å². The molecule has 0 aliphatic heterocycles. The van der Waals surface area contributed by atoms with Gasteiger partial charge in [-0.15, -0.1) is 0 Å². The lowest BCUT2D eigenvalue weighted by atomic mass is 9.83. The van der Waals surface area contributed by atoms with Gasteiger partial charge in [-0.3, -0.25) is 4.79 Å². The molecule has 1 aliphatic carbocycles. The summed E-state index contributed by atoms with van der Waals surface area (Å²) in [6, 6.07) is 5.29. The molecule has 5 heteroatoms. The summed E-state index contributed by atoms with van der Waals surface area (Å²) >= 11 is 0. The highest BCUT2D eigenvalue weighted by Gasteiger charge is 2.32. The first kappa shape index (κ1) is 17.6. The molecule has 126 valence electrons. The van der Waals surface area contributed by atoms with Crippen molar-refractivity contribution in [3.05, 3.63) is 47.5 Å². The Morgan fingerprint density at radius 3 is 2.57 bits per heavy atom. The Morgan fingerprint density at radius 1 is 1.26 bits per heavy atom. The third-order valence-corrected chi connectivity index (χ3v) is 4.26. The topological polar surface area (TPSA) is 29.1 Å². The Kier molecular flexibility index (Phi) is 5.17. The van der Waals surface area contributed by atoms with Crippen LogP contribution in [0.3, 0.4) is 0 Å². The van der Waals surface area contributed by atoms with E-state index in [0.29, 0.717) is 18.5 Å². The van der Waals surface area contributed by atoms with Crippen molar-refractivity contribution in [2.75, 3.05) is 6.54 Å². The summed E-state index contributed by atoms with van der Waals surface area (Å²) < 4.78 is 38.5. The molecule has 2 nitrogen and oxygen atoms in total. The van der Waals surface area contributed by atoms with Crippen LogP contribution in [-0.4, -0.2) is 12.5 Å². The van der Waals surface area contributed by atoms with Gasteiger partial charge in [-0.2, -0.15) is 13.2 Å². The first-order chi connectivity index (χ1) is 10.7. The van der Waals surface area contributed by atoms with Crippen LogP contribution in [0.4, 0.5) is 13.2 Å². The van der Waals surface area contributed by atoms with E-state index in [-0.39, 0.29) is 11.8 Å². The van der Waals surface area contributed by atoms with Gasteiger partial charge in [0.05, 0.1) is 5.56 Å². The van der Waals surface area contributed by atoms with Gasteiger partial charge >= 0.3 is 6.18 Å². The van der Waals surface area contributed by atoms with Crippen molar-refractivity contribution in [3.63, 3.8) is 0 Å². The molecule has 1 aliphatic rings. The molecule has 1 aromatic carbocycles. The van der Waals surface area contributed by atoms with E-state index in [1.807, 2.05) is 13.8 Å². The van der Waals surface area contributed by atoms with E-state index in [1.165, 1.54) is 6.07 Å². The third-order valence-electron chi connectivity index (χ3n) is 4.26. The van der Waals surface area contributed by atoms with Crippen LogP contribution in [0, 0.1) is 5.92 Å². The number of halogens is 3. The Bertz CT molecular complexity index is 590. The van der Waals surface area contributed by atoms with E-state index in [4.69, 9.17) is 0 Å². The molecule has 2 rings (SSSR count). The van der Waals surface area contributed by atoms with Crippen LogP contribution < -0.4 is 5.32 Å². The zero-order valence-corrected chi connectivity index (χ0v) is 13.4. The molecule has 0 saturated carbocycles. The van der Waals surface area contributed by atoms with E-state index in [2.05, 4.69) is 17.5 Å². The second-order valence-electron chi connectivity index (χ2n) is 6.71. The second kappa shape index (κ2) is 6.77. The fraction of sp³-hybridized carbons (Fsp3) is 0.500. The monoisotopic (exact) mass is 325 g/mol. The van der Waals surface area contributed by atoms with Crippen molar-refractivity contribution in [3.8, 4) is 0 Å². The first-order valence-electron chi connectivity index (χ1n) is 7.79. The number of benzene rings is 1. The highest BCUT2D eigenvalue weighted by molar-refractivity contribution is 5.76. The molecule has 0 spiro atoms. The van der Waals surface area contributed by atoms with Crippen LogP contribution in [0.25, 0.3) is 0 Å². The second-order valence-corrected chi connectivity index (χ2v) is 6.71. The van der Waals surface area contributed by atoms with E-state index < -0.39 is 17.2 Å².